The number of ether oxygens (including phenoxy) is 1. The lowest BCUT2D eigenvalue weighted by molar-refractivity contribution is 0.168. The molecule has 2 rings (SSSR count). The van der Waals surface area contributed by atoms with Crippen LogP contribution in [0, 0.1) is 0 Å². The Bertz CT molecular complexity index is 633. The molecule has 1 heterocycles. The van der Waals surface area contributed by atoms with E-state index in [0.717, 1.165) is 5.69 Å². The van der Waals surface area contributed by atoms with Gasteiger partial charge in [-0.1, -0.05) is 23.2 Å². The number of hydrogen-bond donors (Lipinski definition) is 2. The van der Waals surface area contributed by atoms with Crippen molar-refractivity contribution in [2.45, 2.75) is 6.92 Å². The Morgan fingerprint density at radius 3 is 2.57 bits per heavy atom. The molecule has 0 saturated heterocycles. The predicted molar refractivity (Wildman–Crippen MR) is 84.6 cm³/mol. The molecule has 0 aliphatic heterocycles. The molecule has 1 aromatic heterocycles. The Morgan fingerprint density at radius 1 is 1.19 bits per heavy atom. The highest BCUT2D eigenvalue weighted by Gasteiger charge is 2.03. The maximum absolute atomic E-state index is 11.3. The fourth-order valence-corrected chi connectivity index (χ4v) is 1.85. The van der Waals surface area contributed by atoms with E-state index in [2.05, 4.69) is 15.6 Å². The third-order valence-electron chi connectivity index (χ3n) is 2.48. The molecular formula is C14H13Cl2N3O2. The molecular weight excluding hydrogens is 313 g/mol. The van der Waals surface area contributed by atoms with Gasteiger partial charge in [-0.2, -0.15) is 0 Å². The topological polar surface area (TPSA) is 63.2 Å². The first-order chi connectivity index (χ1) is 10.1. The Labute approximate surface area is 132 Å². The molecule has 2 aromatic rings. The Morgan fingerprint density at radius 2 is 1.95 bits per heavy atom. The van der Waals surface area contributed by atoms with Crippen LogP contribution in [0.2, 0.25) is 10.0 Å². The van der Waals surface area contributed by atoms with Crippen LogP contribution in [0.5, 0.6) is 0 Å². The third kappa shape index (κ3) is 4.51. The zero-order valence-electron chi connectivity index (χ0n) is 11.2. The summed E-state index contributed by atoms with van der Waals surface area (Å²) in [6.07, 6.45) is 1.01. The monoisotopic (exact) mass is 325 g/mol. The van der Waals surface area contributed by atoms with Crippen molar-refractivity contribution in [3.05, 3.63) is 46.6 Å². The number of rotatable bonds is 4. The zero-order valence-corrected chi connectivity index (χ0v) is 12.7. The van der Waals surface area contributed by atoms with Crippen LogP contribution in [0.15, 0.2) is 36.5 Å². The molecule has 5 nitrogen and oxygen atoms in total. The van der Waals surface area contributed by atoms with Crippen molar-refractivity contribution in [2.24, 2.45) is 0 Å². The maximum Gasteiger partial charge on any atom is 0.411 e. The number of anilines is 3. The van der Waals surface area contributed by atoms with Gasteiger partial charge in [0.25, 0.3) is 0 Å². The van der Waals surface area contributed by atoms with Gasteiger partial charge in [-0.25, -0.2) is 9.78 Å². The van der Waals surface area contributed by atoms with Gasteiger partial charge < -0.3 is 10.1 Å². The molecule has 1 aromatic carbocycles. The minimum Gasteiger partial charge on any atom is -0.450 e. The van der Waals surface area contributed by atoms with E-state index in [1.165, 1.54) is 6.20 Å². The average molecular weight is 326 g/mol. The molecule has 0 atom stereocenters. The smallest absolute Gasteiger partial charge is 0.411 e. The Kier molecular flexibility index (Phi) is 5.25. The van der Waals surface area contributed by atoms with Crippen molar-refractivity contribution in [3.8, 4) is 0 Å². The molecule has 7 heteroatoms. The van der Waals surface area contributed by atoms with E-state index in [1.54, 1.807) is 37.3 Å². The number of nitrogens with zero attached hydrogens (tertiary/aromatic N) is 1. The molecule has 2 N–H and O–H groups in total. The quantitative estimate of drug-likeness (QED) is 0.855. The van der Waals surface area contributed by atoms with Crippen LogP contribution < -0.4 is 10.6 Å². The summed E-state index contributed by atoms with van der Waals surface area (Å²) in [6.45, 7) is 2.05. The summed E-state index contributed by atoms with van der Waals surface area (Å²) in [6, 6.07) is 8.63. The highest BCUT2D eigenvalue weighted by molar-refractivity contribution is 6.42. The van der Waals surface area contributed by atoms with E-state index in [4.69, 9.17) is 27.9 Å². The van der Waals surface area contributed by atoms with Gasteiger partial charge in [0.05, 0.1) is 28.5 Å². The molecule has 0 bridgehead atoms. The second-order valence-electron chi connectivity index (χ2n) is 4.03. The number of halogens is 2. The summed E-state index contributed by atoms with van der Waals surface area (Å²) in [7, 11) is 0. The maximum atomic E-state index is 11.3. The molecule has 0 saturated carbocycles. The van der Waals surface area contributed by atoms with E-state index in [-0.39, 0.29) is 0 Å². The van der Waals surface area contributed by atoms with Gasteiger partial charge in [0.2, 0.25) is 0 Å². The van der Waals surface area contributed by atoms with Gasteiger partial charge >= 0.3 is 6.09 Å². The van der Waals surface area contributed by atoms with Crippen LogP contribution in [0.1, 0.15) is 6.92 Å². The number of hydrogen-bond acceptors (Lipinski definition) is 4. The number of pyridine rings is 1. The fraction of sp³-hybridized carbons (Fsp3) is 0.143. The summed E-state index contributed by atoms with van der Waals surface area (Å²) < 4.78 is 4.78. The van der Waals surface area contributed by atoms with E-state index in [1.807, 2.05) is 0 Å². The average Bonchev–Trinajstić information content (AvgIpc) is 2.45. The minimum atomic E-state index is -0.510. The van der Waals surface area contributed by atoms with Gasteiger partial charge in [-0.15, -0.1) is 0 Å². The van der Waals surface area contributed by atoms with Crippen LogP contribution >= 0.6 is 23.2 Å². The Balaban J connectivity index is 2.01. The second-order valence-corrected chi connectivity index (χ2v) is 4.85. The molecule has 0 radical (unpaired) electrons. The van der Waals surface area contributed by atoms with Crippen LogP contribution in [0.4, 0.5) is 22.0 Å². The predicted octanol–water partition coefficient (Wildman–Crippen LogP) is 4.70. The van der Waals surface area contributed by atoms with Crippen LogP contribution in [-0.2, 0) is 4.74 Å². The van der Waals surface area contributed by atoms with E-state index >= 15 is 0 Å². The molecule has 0 spiro atoms. The Hall–Kier alpha value is -1.98. The van der Waals surface area contributed by atoms with Gasteiger partial charge in [0.15, 0.2) is 0 Å². The number of aromatic nitrogens is 1. The highest BCUT2D eigenvalue weighted by atomic mass is 35.5. The van der Waals surface area contributed by atoms with Gasteiger partial charge in [0, 0.05) is 5.69 Å². The summed E-state index contributed by atoms with van der Waals surface area (Å²) in [5.41, 5.74) is 1.32. The molecule has 0 aliphatic carbocycles. The van der Waals surface area contributed by atoms with Crippen molar-refractivity contribution in [3.63, 3.8) is 0 Å². The minimum absolute atomic E-state index is 0.316. The van der Waals surface area contributed by atoms with Crippen molar-refractivity contribution < 1.29 is 9.53 Å². The zero-order chi connectivity index (χ0) is 15.2. The SMILES string of the molecule is CCOC(=O)Nc1ccc(Nc2ccc(Cl)c(Cl)c2)nc1. The number of carbonyl (C=O) groups is 1. The number of benzene rings is 1. The van der Waals surface area contributed by atoms with E-state index < -0.39 is 6.09 Å². The highest BCUT2D eigenvalue weighted by Crippen LogP contribution is 2.26. The lowest BCUT2D eigenvalue weighted by Gasteiger charge is -2.08. The number of nitrogens with one attached hydrogen (secondary N) is 2. The molecule has 0 fully saturated rings. The van der Waals surface area contributed by atoms with Crippen molar-refractivity contribution >= 4 is 46.5 Å². The molecule has 110 valence electrons. The summed E-state index contributed by atoms with van der Waals surface area (Å²) in [5.74, 6) is 0.614. The molecule has 21 heavy (non-hydrogen) atoms. The number of carbonyl (C=O) groups excluding carboxylic acids is 1. The lowest BCUT2D eigenvalue weighted by atomic mass is 10.3. The van der Waals surface area contributed by atoms with Crippen LogP contribution in [0.25, 0.3) is 0 Å². The van der Waals surface area contributed by atoms with Crippen molar-refractivity contribution in [1.82, 2.24) is 4.98 Å². The van der Waals surface area contributed by atoms with Crippen molar-refractivity contribution in [2.75, 3.05) is 17.2 Å². The first-order valence-electron chi connectivity index (χ1n) is 6.20. The van der Waals surface area contributed by atoms with E-state index in [0.29, 0.717) is 28.2 Å². The fourth-order valence-electron chi connectivity index (χ4n) is 1.55. The second kappa shape index (κ2) is 7.15. The van der Waals surface area contributed by atoms with Gasteiger partial charge in [-0.05, 0) is 37.3 Å². The largest absolute Gasteiger partial charge is 0.450 e. The third-order valence-corrected chi connectivity index (χ3v) is 3.22. The van der Waals surface area contributed by atoms with E-state index in [9.17, 15) is 4.79 Å². The van der Waals surface area contributed by atoms with Gasteiger partial charge in [0.1, 0.15) is 5.82 Å². The summed E-state index contributed by atoms with van der Waals surface area (Å²) in [4.78, 5) is 15.4. The van der Waals surface area contributed by atoms with Gasteiger partial charge in [-0.3, -0.25) is 5.32 Å². The van der Waals surface area contributed by atoms with Crippen LogP contribution in [-0.4, -0.2) is 17.7 Å². The first kappa shape index (κ1) is 15.4. The van der Waals surface area contributed by atoms with Crippen molar-refractivity contribution in [1.29, 1.82) is 0 Å². The number of amides is 1. The van der Waals surface area contributed by atoms with Crippen LogP contribution in [0.3, 0.4) is 0 Å². The molecule has 0 unspecified atom stereocenters. The molecule has 1 amide bonds. The normalized spacial score (nSPS) is 10.0. The lowest BCUT2D eigenvalue weighted by Crippen LogP contribution is -2.13. The first-order valence-corrected chi connectivity index (χ1v) is 6.96. The summed E-state index contributed by atoms with van der Waals surface area (Å²) >= 11 is 11.8. The standard InChI is InChI=1S/C14H13Cl2N3O2/c1-2-21-14(20)19-10-4-6-13(17-8-10)18-9-3-5-11(15)12(16)7-9/h3-8H,2H2,1H3,(H,17,18)(H,19,20). The molecule has 0 aliphatic rings. The summed E-state index contributed by atoms with van der Waals surface area (Å²) in [5, 5.41) is 6.59.